The first-order chi connectivity index (χ1) is 13.9. The maximum Gasteiger partial charge on any atom is 0.270 e. The van der Waals surface area contributed by atoms with Crippen LogP contribution in [-0.2, 0) is 16.6 Å². The van der Waals surface area contributed by atoms with Crippen molar-refractivity contribution in [3.63, 3.8) is 0 Å². The van der Waals surface area contributed by atoms with Crippen LogP contribution in [0.4, 0.5) is 10.1 Å². The van der Waals surface area contributed by atoms with Crippen LogP contribution in [0.25, 0.3) is 0 Å². The third-order valence-corrected chi connectivity index (χ3v) is 7.52. The Morgan fingerprint density at radius 2 is 1.76 bits per heavy atom. The molecule has 2 aliphatic rings. The number of carbonyl (C=O) groups is 1. The second-order valence-electron chi connectivity index (χ2n) is 7.34. The Kier molecular flexibility index (Phi) is 5.35. The van der Waals surface area contributed by atoms with Crippen molar-refractivity contribution >= 4 is 21.6 Å². The van der Waals surface area contributed by atoms with Gasteiger partial charge in [-0.2, -0.15) is 4.31 Å². The zero-order valence-corrected chi connectivity index (χ0v) is 17.2. The minimum Gasteiger partial charge on any atom is -0.367 e. The van der Waals surface area contributed by atoms with E-state index in [1.54, 1.807) is 33.9 Å². The van der Waals surface area contributed by atoms with Gasteiger partial charge in [-0.1, -0.05) is 12.1 Å². The van der Waals surface area contributed by atoms with E-state index >= 15 is 0 Å². The summed E-state index contributed by atoms with van der Waals surface area (Å²) in [4.78, 5) is 16.4. The van der Waals surface area contributed by atoms with Crippen LogP contribution in [-0.4, -0.2) is 67.4 Å². The number of amides is 1. The molecule has 1 saturated heterocycles. The Balaban J connectivity index is 1.52. The van der Waals surface area contributed by atoms with Crippen molar-refractivity contribution in [3.05, 3.63) is 48.0 Å². The van der Waals surface area contributed by atoms with Gasteiger partial charge in [-0.05, 0) is 31.5 Å². The van der Waals surface area contributed by atoms with Gasteiger partial charge in [-0.3, -0.25) is 4.79 Å². The van der Waals surface area contributed by atoms with Crippen LogP contribution in [0.3, 0.4) is 0 Å². The molecule has 29 heavy (non-hydrogen) atoms. The monoisotopic (exact) mass is 420 g/mol. The molecule has 0 aliphatic carbocycles. The Hall–Kier alpha value is -2.39. The predicted molar refractivity (Wildman–Crippen MR) is 108 cm³/mol. The van der Waals surface area contributed by atoms with Crippen molar-refractivity contribution in [2.45, 2.75) is 24.8 Å². The summed E-state index contributed by atoms with van der Waals surface area (Å²) in [6.07, 6.45) is 2.37. The number of fused-ring (bicyclic) bond motifs is 1. The van der Waals surface area contributed by atoms with E-state index in [1.807, 2.05) is 11.8 Å². The quantitative estimate of drug-likeness (QED) is 0.759. The number of nitrogens with zero attached hydrogens (tertiary/aromatic N) is 4. The van der Waals surface area contributed by atoms with Gasteiger partial charge in [0.05, 0.1) is 5.69 Å². The van der Waals surface area contributed by atoms with E-state index in [0.29, 0.717) is 44.1 Å². The Morgan fingerprint density at radius 1 is 1.03 bits per heavy atom. The largest absolute Gasteiger partial charge is 0.367 e. The molecule has 0 bridgehead atoms. The van der Waals surface area contributed by atoms with Gasteiger partial charge in [0.1, 0.15) is 16.4 Å². The number of halogens is 1. The summed E-state index contributed by atoms with van der Waals surface area (Å²) in [5.41, 5.74) is 0.915. The summed E-state index contributed by atoms with van der Waals surface area (Å²) in [6.45, 7) is 5.18. The predicted octanol–water partition coefficient (Wildman–Crippen LogP) is 2.00. The Morgan fingerprint density at radius 3 is 2.45 bits per heavy atom. The topological polar surface area (TPSA) is 65.9 Å². The number of hydrogen-bond donors (Lipinski definition) is 0. The minimum absolute atomic E-state index is 0.129. The second kappa shape index (κ2) is 7.79. The molecule has 0 unspecified atom stereocenters. The van der Waals surface area contributed by atoms with E-state index in [0.717, 1.165) is 6.42 Å². The van der Waals surface area contributed by atoms with E-state index in [-0.39, 0.29) is 29.7 Å². The fourth-order valence-corrected chi connectivity index (χ4v) is 5.48. The highest BCUT2D eigenvalue weighted by Gasteiger charge is 2.32. The smallest absolute Gasteiger partial charge is 0.270 e. The average Bonchev–Trinajstić information content (AvgIpc) is 3.10. The zero-order chi connectivity index (χ0) is 20.6. The number of rotatable bonds is 4. The highest BCUT2D eigenvalue weighted by Crippen LogP contribution is 2.25. The molecular formula is C20H25FN4O3S. The second-order valence-corrected chi connectivity index (χ2v) is 9.27. The number of sulfonamides is 1. The molecule has 1 fully saturated rings. The molecule has 3 heterocycles. The number of benzene rings is 1. The number of hydrogen-bond acceptors (Lipinski definition) is 4. The van der Waals surface area contributed by atoms with E-state index in [1.165, 1.54) is 16.4 Å². The number of piperazine rings is 1. The average molecular weight is 421 g/mol. The standard InChI is InChI=1S/C20H25FN4O3S/c1-2-22-8-5-9-24-15-16(14-19(24)20(22)26)29(27,28)25-12-10-23(11-13-25)18-7-4-3-6-17(18)21/h3-4,6-7,14-15H,2,5,8-13H2,1H3. The number of para-hydroxylation sites is 1. The van der Waals surface area contributed by atoms with Gasteiger partial charge >= 0.3 is 0 Å². The molecule has 0 radical (unpaired) electrons. The van der Waals surface area contributed by atoms with Crippen LogP contribution in [0, 0.1) is 5.82 Å². The first-order valence-electron chi connectivity index (χ1n) is 9.91. The van der Waals surface area contributed by atoms with Crippen LogP contribution in [0.5, 0.6) is 0 Å². The first-order valence-corrected chi connectivity index (χ1v) is 11.3. The van der Waals surface area contributed by atoms with Gasteiger partial charge in [-0.15, -0.1) is 0 Å². The lowest BCUT2D eigenvalue weighted by Gasteiger charge is -2.35. The Labute approximate surface area is 170 Å². The molecule has 1 aromatic carbocycles. The maximum absolute atomic E-state index is 14.0. The van der Waals surface area contributed by atoms with Crippen molar-refractivity contribution in [2.24, 2.45) is 0 Å². The highest BCUT2D eigenvalue weighted by molar-refractivity contribution is 7.89. The van der Waals surface area contributed by atoms with Crippen molar-refractivity contribution in [2.75, 3.05) is 44.2 Å². The third-order valence-electron chi connectivity index (χ3n) is 5.66. The summed E-state index contributed by atoms with van der Waals surface area (Å²) in [5, 5.41) is 0. The van der Waals surface area contributed by atoms with Gasteiger partial charge in [0, 0.05) is 52.0 Å². The van der Waals surface area contributed by atoms with Crippen LogP contribution in [0.2, 0.25) is 0 Å². The molecule has 0 atom stereocenters. The van der Waals surface area contributed by atoms with Gasteiger partial charge in [-0.25, -0.2) is 12.8 Å². The minimum atomic E-state index is -3.71. The molecule has 156 valence electrons. The van der Waals surface area contributed by atoms with E-state index in [2.05, 4.69) is 0 Å². The summed E-state index contributed by atoms with van der Waals surface area (Å²) < 4.78 is 43.5. The molecule has 7 nitrogen and oxygen atoms in total. The lowest BCUT2D eigenvalue weighted by atomic mass is 10.2. The van der Waals surface area contributed by atoms with Crippen LogP contribution in [0.1, 0.15) is 23.8 Å². The Bertz CT molecular complexity index is 1010. The van der Waals surface area contributed by atoms with Crippen LogP contribution < -0.4 is 4.90 Å². The maximum atomic E-state index is 14.0. The van der Waals surface area contributed by atoms with Crippen molar-refractivity contribution in [3.8, 4) is 0 Å². The van der Waals surface area contributed by atoms with Gasteiger partial charge < -0.3 is 14.4 Å². The fourth-order valence-electron chi connectivity index (χ4n) is 4.01. The highest BCUT2D eigenvalue weighted by atomic mass is 32.2. The molecule has 2 aliphatic heterocycles. The first kappa shape index (κ1) is 19.9. The van der Waals surface area contributed by atoms with Gasteiger partial charge in [0.2, 0.25) is 10.0 Å². The van der Waals surface area contributed by atoms with Crippen molar-refractivity contribution in [1.29, 1.82) is 0 Å². The van der Waals surface area contributed by atoms with E-state index < -0.39 is 10.0 Å². The molecule has 1 amide bonds. The molecular weight excluding hydrogens is 395 g/mol. The lowest BCUT2D eigenvalue weighted by Crippen LogP contribution is -2.48. The van der Waals surface area contributed by atoms with Crippen LogP contribution in [0.15, 0.2) is 41.4 Å². The molecule has 2 aromatic rings. The van der Waals surface area contributed by atoms with E-state index in [9.17, 15) is 17.6 Å². The molecule has 9 heteroatoms. The number of aryl methyl sites for hydroxylation is 1. The molecule has 0 saturated carbocycles. The van der Waals surface area contributed by atoms with Crippen molar-refractivity contribution < 1.29 is 17.6 Å². The third kappa shape index (κ3) is 3.64. The molecule has 4 rings (SSSR count). The number of carbonyl (C=O) groups excluding carboxylic acids is 1. The zero-order valence-electron chi connectivity index (χ0n) is 16.4. The number of anilines is 1. The SMILES string of the molecule is CCN1CCCn2cc(S(=O)(=O)N3CCN(c4ccccc4F)CC3)cc2C1=O. The van der Waals surface area contributed by atoms with Crippen molar-refractivity contribution in [1.82, 2.24) is 13.8 Å². The van der Waals surface area contributed by atoms with E-state index in [4.69, 9.17) is 0 Å². The molecule has 0 spiro atoms. The normalized spacial score (nSPS) is 18.6. The molecule has 1 aromatic heterocycles. The number of aromatic nitrogens is 1. The molecule has 0 N–H and O–H groups in total. The summed E-state index contributed by atoms with van der Waals surface area (Å²) in [5.74, 6) is -0.435. The van der Waals surface area contributed by atoms with Gasteiger partial charge in [0.25, 0.3) is 5.91 Å². The fraction of sp³-hybridized carbons (Fsp3) is 0.450. The summed E-state index contributed by atoms with van der Waals surface area (Å²) >= 11 is 0. The van der Waals surface area contributed by atoms with Crippen LogP contribution >= 0.6 is 0 Å². The summed E-state index contributed by atoms with van der Waals surface area (Å²) in [7, 11) is -3.71. The summed E-state index contributed by atoms with van der Waals surface area (Å²) in [6, 6.07) is 8.01. The lowest BCUT2D eigenvalue weighted by molar-refractivity contribution is 0.0766. The van der Waals surface area contributed by atoms with Gasteiger partial charge in [0.15, 0.2) is 0 Å².